The molecule has 1 amide bonds. The highest BCUT2D eigenvalue weighted by atomic mass is 16.2. The topological polar surface area (TPSA) is 32.3 Å². The van der Waals surface area contributed by atoms with Crippen LogP contribution in [0.5, 0.6) is 0 Å². The zero-order chi connectivity index (χ0) is 13.0. The lowest BCUT2D eigenvalue weighted by atomic mass is 10.0. The van der Waals surface area contributed by atoms with Crippen LogP contribution in [-0.4, -0.2) is 30.9 Å². The van der Waals surface area contributed by atoms with E-state index in [2.05, 4.69) is 12.2 Å². The Labute approximate surface area is 109 Å². The lowest BCUT2D eigenvalue weighted by molar-refractivity contribution is 0.0786. The minimum absolute atomic E-state index is 0.177. The summed E-state index contributed by atoms with van der Waals surface area (Å²) in [6, 6.07) is 7.71. The maximum absolute atomic E-state index is 12.3. The van der Waals surface area contributed by atoms with Crippen LogP contribution in [0.2, 0.25) is 0 Å². The fraction of sp³-hybridized carbons (Fsp3) is 0.533. The summed E-state index contributed by atoms with van der Waals surface area (Å²) in [5.74, 6) is 0.881. The first-order valence-electron chi connectivity index (χ1n) is 6.81. The minimum Gasteiger partial charge on any atom is -0.388 e. The lowest BCUT2D eigenvalue weighted by Crippen LogP contribution is -2.28. The van der Waals surface area contributed by atoms with E-state index in [-0.39, 0.29) is 5.91 Å². The van der Waals surface area contributed by atoms with Gasteiger partial charge in [0, 0.05) is 31.4 Å². The number of benzene rings is 1. The molecule has 3 nitrogen and oxygen atoms in total. The molecule has 0 aliphatic carbocycles. The van der Waals surface area contributed by atoms with E-state index in [1.54, 1.807) is 0 Å². The van der Waals surface area contributed by atoms with Gasteiger partial charge in [-0.25, -0.2) is 0 Å². The smallest absolute Gasteiger partial charge is 0.253 e. The molecule has 98 valence electrons. The number of likely N-dealkylation sites (tertiary alicyclic amines) is 1. The van der Waals surface area contributed by atoms with Gasteiger partial charge in [-0.3, -0.25) is 4.79 Å². The quantitative estimate of drug-likeness (QED) is 0.885. The van der Waals surface area contributed by atoms with Gasteiger partial charge in [-0.2, -0.15) is 0 Å². The van der Waals surface area contributed by atoms with Crippen LogP contribution >= 0.6 is 0 Å². The van der Waals surface area contributed by atoms with Crippen LogP contribution < -0.4 is 5.32 Å². The molecule has 18 heavy (non-hydrogen) atoms. The van der Waals surface area contributed by atoms with Gasteiger partial charge in [0.15, 0.2) is 0 Å². The number of nitrogens with zero attached hydrogens (tertiary/aromatic N) is 1. The molecule has 1 saturated heterocycles. The summed E-state index contributed by atoms with van der Waals surface area (Å²) in [5.41, 5.74) is 1.84. The van der Waals surface area contributed by atoms with Gasteiger partial charge in [0.2, 0.25) is 0 Å². The molecule has 1 aliphatic heterocycles. The van der Waals surface area contributed by atoms with Crippen LogP contribution in [0.15, 0.2) is 24.3 Å². The Morgan fingerprint density at radius 1 is 1.39 bits per heavy atom. The Morgan fingerprint density at radius 3 is 2.72 bits per heavy atom. The van der Waals surface area contributed by atoms with Crippen molar-refractivity contribution < 1.29 is 4.79 Å². The van der Waals surface area contributed by atoms with Crippen LogP contribution in [0, 0.1) is 5.92 Å². The van der Waals surface area contributed by atoms with E-state index in [1.165, 1.54) is 12.8 Å². The van der Waals surface area contributed by atoms with E-state index < -0.39 is 0 Å². The van der Waals surface area contributed by atoms with Gasteiger partial charge >= 0.3 is 0 Å². The third kappa shape index (κ3) is 2.84. The molecular weight excluding hydrogens is 224 g/mol. The standard InChI is InChI=1S/C15H22N2O/c1-3-4-12-9-10-17(11-12)15(18)13-5-7-14(16-2)8-6-13/h5-8,12,16H,3-4,9-11H2,1-2H3. The van der Waals surface area contributed by atoms with Crippen LogP contribution in [0.3, 0.4) is 0 Å². The first-order chi connectivity index (χ1) is 8.74. The normalized spacial score (nSPS) is 19.0. The second-order valence-corrected chi connectivity index (χ2v) is 5.02. The molecule has 1 aliphatic rings. The number of amides is 1. The van der Waals surface area contributed by atoms with Gasteiger partial charge in [0.05, 0.1) is 0 Å². The molecule has 0 radical (unpaired) electrons. The van der Waals surface area contributed by atoms with Crippen molar-refractivity contribution >= 4 is 11.6 Å². The van der Waals surface area contributed by atoms with Crippen LogP contribution in [0.25, 0.3) is 0 Å². The molecule has 1 N–H and O–H groups in total. The van der Waals surface area contributed by atoms with Crippen molar-refractivity contribution in [3.63, 3.8) is 0 Å². The summed E-state index contributed by atoms with van der Waals surface area (Å²) in [5, 5.41) is 3.06. The van der Waals surface area contributed by atoms with Crippen molar-refractivity contribution in [2.24, 2.45) is 5.92 Å². The largest absolute Gasteiger partial charge is 0.388 e. The van der Waals surface area contributed by atoms with E-state index in [0.29, 0.717) is 5.92 Å². The average Bonchev–Trinajstić information content (AvgIpc) is 2.87. The molecule has 0 spiro atoms. The Bertz CT molecular complexity index is 399. The second-order valence-electron chi connectivity index (χ2n) is 5.02. The molecule has 1 atom stereocenters. The summed E-state index contributed by atoms with van der Waals surface area (Å²) >= 11 is 0. The molecular formula is C15H22N2O. The summed E-state index contributed by atoms with van der Waals surface area (Å²) in [7, 11) is 1.88. The molecule has 0 aromatic heterocycles. The number of carbonyl (C=O) groups is 1. The fourth-order valence-electron chi connectivity index (χ4n) is 2.62. The van der Waals surface area contributed by atoms with Crippen LogP contribution in [-0.2, 0) is 0 Å². The number of hydrogen-bond acceptors (Lipinski definition) is 2. The Hall–Kier alpha value is -1.51. The maximum atomic E-state index is 12.3. The Kier molecular flexibility index (Phi) is 4.24. The predicted octanol–water partition coefficient (Wildman–Crippen LogP) is 2.99. The van der Waals surface area contributed by atoms with Gasteiger partial charge in [-0.15, -0.1) is 0 Å². The fourth-order valence-corrected chi connectivity index (χ4v) is 2.62. The first kappa shape index (κ1) is 12.9. The zero-order valence-electron chi connectivity index (χ0n) is 11.3. The third-order valence-corrected chi connectivity index (χ3v) is 3.69. The van der Waals surface area contributed by atoms with Crippen molar-refractivity contribution in [3.8, 4) is 0 Å². The molecule has 1 unspecified atom stereocenters. The number of anilines is 1. The second kappa shape index (κ2) is 5.89. The van der Waals surface area contributed by atoms with E-state index in [1.807, 2.05) is 36.2 Å². The minimum atomic E-state index is 0.177. The van der Waals surface area contributed by atoms with Gasteiger partial charge in [-0.1, -0.05) is 13.3 Å². The monoisotopic (exact) mass is 246 g/mol. The van der Waals surface area contributed by atoms with Crippen molar-refractivity contribution in [2.75, 3.05) is 25.5 Å². The van der Waals surface area contributed by atoms with Gasteiger partial charge < -0.3 is 10.2 Å². The Morgan fingerprint density at radius 2 is 2.11 bits per heavy atom. The van der Waals surface area contributed by atoms with Crippen LogP contribution in [0.1, 0.15) is 36.5 Å². The number of rotatable bonds is 4. The van der Waals surface area contributed by atoms with Gasteiger partial charge in [0.25, 0.3) is 5.91 Å². The molecule has 1 heterocycles. The molecule has 2 rings (SSSR count). The van der Waals surface area contributed by atoms with Crippen LogP contribution in [0.4, 0.5) is 5.69 Å². The summed E-state index contributed by atoms with van der Waals surface area (Å²) in [6.07, 6.45) is 3.61. The number of hydrogen-bond donors (Lipinski definition) is 1. The summed E-state index contributed by atoms with van der Waals surface area (Å²) < 4.78 is 0. The van der Waals surface area contributed by atoms with Crippen molar-refractivity contribution in [1.29, 1.82) is 0 Å². The Balaban J connectivity index is 1.98. The SMILES string of the molecule is CCCC1CCN(C(=O)c2ccc(NC)cc2)C1. The first-order valence-corrected chi connectivity index (χ1v) is 6.81. The summed E-state index contributed by atoms with van der Waals surface area (Å²) in [6.45, 7) is 4.05. The zero-order valence-corrected chi connectivity index (χ0v) is 11.3. The average molecular weight is 246 g/mol. The molecule has 0 bridgehead atoms. The summed E-state index contributed by atoms with van der Waals surface area (Å²) in [4.78, 5) is 14.3. The highest BCUT2D eigenvalue weighted by Crippen LogP contribution is 2.22. The molecule has 0 saturated carbocycles. The molecule has 1 fully saturated rings. The maximum Gasteiger partial charge on any atom is 0.253 e. The molecule has 3 heteroatoms. The van der Waals surface area contributed by atoms with E-state index >= 15 is 0 Å². The lowest BCUT2D eigenvalue weighted by Gasteiger charge is -2.16. The van der Waals surface area contributed by atoms with Gasteiger partial charge in [0.1, 0.15) is 0 Å². The van der Waals surface area contributed by atoms with Crippen molar-refractivity contribution in [3.05, 3.63) is 29.8 Å². The number of nitrogens with one attached hydrogen (secondary N) is 1. The highest BCUT2D eigenvalue weighted by molar-refractivity contribution is 5.94. The van der Waals surface area contributed by atoms with E-state index in [0.717, 1.165) is 30.8 Å². The predicted molar refractivity (Wildman–Crippen MR) is 74.9 cm³/mol. The third-order valence-electron chi connectivity index (χ3n) is 3.69. The highest BCUT2D eigenvalue weighted by Gasteiger charge is 2.26. The van der Waals surface area contributed by atoms with Gasteiger partial charge in [-0.05, 0) is 43.0 Å². The molecule has 1 aromatic carbocycles. The van der Waals surface area contributed by atoms with E-state index in [9.17, 15) is 4.79 Å². The number of carbonyl (C=O) groups excluding carboxylic acids is 1. The van der Waals surface area contributed by atoms with Crippen molar-refractivity contribution in [2.45, 2.75) is 26.2 Å². The van der Waals surface area contributed by atoms with E-state index in [4.69, 9.17) is 0 Å². The van der Waals surface area contributed by atoms with Crippen molar-refractivity contribution in [1.82, 2.24) is 4.90 Å². The molecule has 1 aromatic rings.